The first-order valence-corrected chi connectivity index (χ1v) is 13.4. The van der Waals surface area contributed by atoms with Crippen molar-refractivity contribution in [2.24, 2.45) is 0 Å². The molecule has 0 spiro atoms. The van der Waals surface area contributed by atoms with Gasteiger partial charge in [0.25, 0.3) is 0 Å². The molecule has 1 fully saturated rings. The van der Waals surface area contributed by atoms with Crippen molar-refractivity contribution in [2.75, 3.05) is 43.5 Å². The first kappa shape index (κ1) is 27.2. The number of aromatic amines is 1. The van der Waals surface area contributed by atoms with Crippen molar-refractivity contribution >= 4 is 55.5 Å². The molecule has 3 heterocycles. The van der Waals surface area contributed by atoms with Crippen molar-refractivity contribution in [3.05, 3.63) is 69.3 Å². The molecule has 1 aliphatic rings. The van der Waals surface area contributed by atoms with E-state index >= 15 is 0 Å². The van der Waals surface area contributed by atoms with E-state index in [2.05, 4.69) is 57.9 Å². The van der Waals surface area contributed by atoms with Gasteiger partial charge >= 0.3 is 0 Å². The Bertz CT molecular complexity index is 1490. The van der Waals surface area contributed by atoms with Crippen molar-refractivity contribution in [3.63, 3.8) is 0 Å². The monoisotopic (exact) mass is 614 g/mol. The molecule has 202 valence electrons. The van der Waals surface area contributed by atoms with Gasteiger partial charge in [-0.25, -0.2) is 4.39 Å². The highest BCUT2D eigenvalue weighted by molar-refractivity contribution is 9.10. The van der Waals surface area contributed by atoms with Crippen LogP contribution in [-0.2, 0) is 4.74 Å². The number of nitrogens with one attached hydrogen (secondary N) is 3. The zero-order valence-electron chi connectivity index (χ0n) is 20.7. The summed E-state index contributed by atoms with van der Waals surface area (Å²) in [5, 5.41) is 38.8. The van der Waals surface area contributed by atoms with Gasteiger partial charge < -0.3 is 20.5 Å². The van der Waals surface area contributed by atoms with Gasteiger partial charge in [-0.15, -0.1) is 0 Å². The molecule has 0 amide bonds. The average Bonchev–Trinajstić information content (AvgIpc) is 3.46. The maximum atomic E-state index is 13.7. The molecule has 2 aromatic heterocycles. The number of anilines is 3. The standard InChI is InChI=1S/C26H25BrClFN8O2/c27-20-8-17(33-23(24-13-32-36-35-24)10-18(38)14-37-3-5-39-6-4-37)7-19-25(15(11-30)12-31-26(19)20)34-16-1-2-22(29)21(28)9-16/h1-2,7-9,12-13,18,23,33,38H,3-6,10,14H2,(H,31,34)(H,32,35,36). The second kappa shape index (κ2) is 12.2. The van der Waals surface area contributed by atoms with E-state index in [0.717, 1.165) is 13.1 Å². The number of β-amino-alcohol motifs (C(OH)–C–C–N with tert-alkyl or cyclic N) is 1. The van der Waals surface area contributed by atoms with Crippen LogP contribution < -0.4 is 10.6 Å². The third-order valence-electron chi connectivity index (χ3n) is 6.45. The Morgan fingerprint density at radius 3 is 2.77 bits per heavy atom. The molecule has 4 N–H and O–H groups in total. The molecule has 13 heteroatoms. The van der Waals surface area contributed by atoms with E-state index in [1.807, 2.05) is 12.1 Å². The van der Waals surface area contributed by atoms with Crippen LogP contribution in [0.4, 0.5) is 21.5 Å². The van der Waals surface area contributed by atoms with E-state index in [1.54, 1.807) is 12.3 Å². The van der Waals surface area contributed by atoms with Crippen molar-refractivity contribution < 1.29 is 14.2 Å². The van der Waals surface area contributed by atoms with Crippen LogP contribution >= 0.6 is 27.5 Å². The molecule has 1 saturated heterocycles. The highest BCUT2D eigenvalue weighted by Gasteiger charge is 2.23. The zero-order chi connectivity index (χ0) is 27.4. The largest absolute Gasteiger partial charge is 0.392 e. The smallest absolute Gasteiger partial charge is 0.141 e. The van der Waals surface area contributed by atoms with E-state index in [1.165, 1.54) is 18.3 Å². The number of hydrogen-bond donors (Lipinski definition) is 4. The summed E-state index contributed by atoms with van der Waals surface area (Å²) < 4.78 is 19.8. The number of morpholine rings is 1. The fraction of sp³-hybridized carbons (Fsp3) is 0.308. The fourth-order valence-electron chi connectivity index (χ4n) is 4.54. The van der Waals surface area contributed by atoms with Gasteiger partial charge in [0.1, 0.15) is 17.6 Å². The molecule has 5 rings (SSSR count). The van der Waals surface area contributed by atoms with Gasteiger partial charge in [0.15, 0.2) is 0 Å². The second-order valence-corrected chi connectivity index (χ2v) is 10.4. The fourth-order valence-corrected chi connectivity index (χ4v) is 5.29. The molecule has 0 radical (unpaired) electrons. The highest BCUT2D eigenvalue weighted by Crippen LogP contribution is 2.37. The number of aromatic nitrogens is 4. The van der Waals surface area contributed by atoms with E-state index < -0.39 is 11.9 Å². The topological polar surface area (TPSA) is 135 Å². The lowest BCUT2D eigenvalue weighted by Gasteiger charge is -2.30. The van der Waals surface area contributed by atoms with Crippen molar-refractivity contribution in [1.29, 1.82) is 5.26 Å². The summed E-state index contributed by atoms with van der Waals surface area (Å²) in [6, 6.07) is 9.80. The lowest BCUT2D eigenvalue weighted by Crippen LogP contribution is -2.41. The normalized spacial score (nSPS) is 15.6. The molecule has 2 atom stereocenters. The molecule has 4 aromatic rings. The number of rotatable bonds is 9. The molecular formula is C26H25BrClFN8O2. The molecule has 0 aliphatic carbocycles. The Hall–Kier alpha value is -3.34. The average molecular weight is 616 g/mol. The number of aliphatic hydroxyl groups excluding tert-OH is 1. The summed E-state index contributed by atoms with van der Waals surface area (Å²) in [6.45, 7) is 3.38. The second-order valence-electron chi connectivity index (χ2n) is 9.16. The third-order valence-corrected chi connectivity index (χ3v) is 7.34. The molecule has 10 nitrogen and oxygen atoms in total. The number of fused-ring (bicyclic) bond motifs is 1. The lowest BCUT2D eigenvalue weighted by atomic mass is 10.0. The highest BCUT2D eigenvalue weighted by atomic mass is 79.9. The summed E-state index contributed by atoms with van der Waals surface area (Å²) in [5.74, 6) is -0.536. The SMILES string of the molecule is N#Cc1cnc2c(Br)cc(NC(CC(O)CN3CCOCC3)c3cn[nH]n3)cc2c1Nc1ccc(F)c(Cl)c1. The Morgan fingerprint density at radius 1 is 1.23 bits per heavy atom. The minimum absolute atomic E-state index is 0.0357. The predicted molar refractivity (Wildman–Crippen MR) is 149 cm³/mol. The summed E-state index contributed by atoms with van der Waals surface area (Å²) in [4.78, 5) is 6.64. The molecule has 39 heavy (non-hydrogen) atoms. The third kappa shape index (κ3) is 6.46. The molecule has 0 bridgehead atoms. The van der Waals surface area contributed by atoms with E-state index in [0.29, 0.717) is 69.9 Å². The van der Waals surface area contributed by atoms with Crippen LogP contribution in [0.3, 0.4) is 0 Å². The molecule has 0 saturated carbocycles. The predicted octanol–water partition coefficient (Wildman–Crippen LogP) is 4.76. The molecule has 1 aliphatic heterocycles. The van der Waals surface area contributed by atoms with E-state index in [-0.39, 0.29) is 11.1 Å². The van der Waals surface area contributed by atoms with Crippen LogP contribution in [0.25, 0.3) is 10.9 Å². The van der Waals surface area contributed by atoms with Crippen molar-refractivity contribution in [3.8, 4) is 6.07 Å². The summed E-state index contributed by atoms with van der Waals surface area (Å²) in [5.41, 5.74) is 3.31. The minimum Gasteiger partial charge on any atom is -0.392 e. The zero-order valence-corrected chi connectivity index (χ0v) is 23.0. The maximum absolute atomic E-state index is 13.7. The lowest BCUT2D eigenvalue weighted by molar-refractivity contribution is 0.0122. The minimum atomic E-state index is -0.617. The number of H-pyrrole nitrogens is 1. The molecule has 2 aromatic carbocycles. The van der Waals surface area contributed by atoms with Crippen LogP contribution in [0, 0.1) is 17.1 Å². The number of benzene rings is 2. The Kier molecular flexibility index (Phi) is 8.54. The Labute approximate surface area is 237 Å². The van der Waals surface area contributed by atoms with Gasteiger partial charge in [0, 0.05) is 53.5 Å². The van der Waals surface area contributed by atoms with Gasteiger partial charge in [-0.2, -0.15) is 20.7 Å². The number of nitrogens with zero attached hydrogens (tertiary/aromatic N) is 5. The molecular weight excluding hydrogens is 591 g/mol. The van der Waals surface area contributed by atoms with Gasteiger partial charge in [0.2, 0.25) is 0 Å². The Morgan fingerprint density at radius 2 is 2.05 bits per heavy atom. The van der Waals surface area contributed by atoms with Crippen molar-refractivity contribution in [2.45, 2.75) is 18.6 Å². The number of ether oxygens (including phenoxy) is 1. The van der Waals surface area contributed by atoms with Gasteiger partial charge in [-0.1, -0.05) is 11.6 Å². The van der Waals surface area contributed by atoms with Gasteiger partial charge in [0.05, 0.1) is 53.3 Å². The van der Waals surface area contributed by atoms with Gasteiger partial charge in [-0.3, -0.25) is 9.88 Å². The van der Waals surface area contributed by atoms with Crippen molar-refractivity contribution in [1.82, 2.24) is 25.3 Å². The summed E-state index contributed by atoms with van der Waals surface area (Å²) >= 11 is 9.58. The molecule has 2 unspecified atom stereocenters. The number of halogens is 3. The Balaban J connectivity index is 1.46. The first-order valence-electron chi connectivity index (χ1n) is 12.3. The summed E-state index contributed by atoms with van der Waals surface area (Å²) in [6.07, 6.45) is 2.87. The van der Waals surface area contributed by atoms with Crippen LogP contribution in [0.2, 0.25) is 5.02 Å². The number of pyridine rings is 1. The van der Waals surface area contributed by atoms with Gasteiger partial charge in [-0.05, 0) is 46.3 Å². The van der Waals surface area contributed by atoms with Crippen LogP contribution in [0.15, 0.2) is 47.2 Å². The number of nitriles is 1. The maximum Gasteiger partial charge on any atom is 0.141 e. The first-order chi connectivity index (χ1) is 18.9. The summed E-state index contributed by atoms with van der Waals surface area (Å²) in [7, 11) is 0. The van der Waals surface area contributed by atoms with E-state index in [9.17, 15) is 14.8 Å². The van der Waals surface area contributed by atoms with Crippen LogP contribution in [-0.4, -0.2) is 69.4 Å². The number of hydrogen-bond acceptors (Lipinski definition) is 9. The quantitative estimate of drug-likeness (QED) is 0.210. The van der Waals surface area contributed by atoms with E-state index in [4.69, 9.17) is 16.3 Å². The number of aliphatic hydroxyl groups is 1. The van der Waals surface area contributed by atoms with Crippen LogP contribution in [0.5, 0.6) is 0 Å². The van der Waals surface area contributed by atoms with Crippen LogP contribution in [0.1, 0.15) is 23.7 Å².